The highest BCUT2D eigenvalue weighted by molar-refractivity contribution is 6.31. The topological polar surface area (TPSA) is 83.6 Å². The van der Waals surface area contributed by atoms with Gasteiger partial charge in [-0.05, 0) is 30.5 Å². The van der Waals surface area contributed by atoms with Crippen molar-refractivity contribution in [3.8, 4) is 5.75 Å². The molecule has 2 rings (SSSR count). The Kier molecular flexibility index (Phi) is 2.56. The first kappa shape index (κ1) is 11.2. The van der Waals surface area contributed by atoms with E-state index in [4.69, 9.17) is 22.4 Å². The van der Waals surface area contributed by atoms with E-state index in [1.54, 1.807) is 6.07 Å². The zero-order valence-electron chi connectivity index (χ0n) is 8.48. The molecule has 1 aromatic rings. The van der Waals surface area contributed by atoms with E-state index in [1.807, 2.05) is 0 Å². The minimum atomic E-state index is -1.03. The minimum Gasteiger partial charge on any atom is -0.508 e. The minimum absolute atomic E-state index is 0.0634. The molecule has 0 aromatic heterocycles. The molecule has 0 amide bonds. The molecular weight excluding hydrogens is 230 g/mol. The molecule has 16 heavy (non-hydrogen) atoms. The van der Waals surface area contributed by atoms with E-state index in [0.717, 1.165) is 0 Å². The lowest BCUT2D eigenvalue weighted by atomic mass is 9.88. The van der Waals surface area contributed by atoms with Crippen molar-refractivity contribution < 1.29 is 15.0 Å². The maximum Gasteiger partial charge on any atom is 0.321 e. The molecule has 4 nitrogen and oxygen atoms in total. The number of phenolic OH excluding ortho intramolecular Hbond substituents is 1. The summed E-state index contributed by atoms with van der Waals surface area (Å²) in [6.07, 6.45) is 1.43. The first-order valence-electron chi connectivity index (χ1n) is 4.95. The van der Waals surface area contributed by atoms with Crippen LogP contribution in [0.2, 0.25) is 5.02 Å². The molecule has 86 valence electrons. The number of carbonyl (C=O) groups is 1. The summed E-state index contributed by atoms with van der Waals surface area (Å²) in [4.78, 5) is 10.9. The Morgan fingerprint density at radius 3 is 2.56 bits per heavy atom. The van der Waals surface area contributed by atoms with Gasteiger partial charge in [-0.3, -0.25) is 4.79 Å². The Bertz CT molecular complexity index is 443. The van der Waals surface area contributed by atoms with Crippen LogP contribution in [0.15, 0.2) is 18.2 Å². The highest BCUT2D eigenvalue weighted by Crippen LogP contribution is 2.52. The molecule has 0 bridgehead atoms. The van der Waals surface area contributed by atoms with E-state index in [2.05, 4.69) is 0 Å². The van der Waals surface area contributed by atoms with Crippen molar-refractivity contribution in [2.45, 2.75) is 24.3 Å². The van der Waals surface area contributed by atoms with Crippen molar-refractivity contribution in [3.63, 3.8) is 0 Å². The van der Waals surface area contributed by atoms with Gasteiger partial charge in [0.15, 0.2) is 0 Å². The molecule has 1 aliphatic rings. The summed E-state index contributed by atoms with van der Waals surface area (Å²) < 4.78 is 0. The van der Waals surface area contributed by atoms with E-state index < -0.39 is 17.4 Å². The average Bonchev–Trinajstić information content (AvgIpc) is 2.97. The van der Waals surface area contributed by atoms with Gasteiger partial charge in [0.25, 0.3) is 0 Å². The molecular formula is C11H12ClNO3. The lowest BCUT2D eigenvalue weighted by Gasteiger charge is -2.21. The third-order valence-electron chi connectivity index (χ3n) is 3.14. The van der Waals surface area contributed by atoms with Crippen molar-refractivity contribution in [1.82, 2.24) is 0 Å². The summed E-state index contributed by atoms with van der Waals surface area (Å²) in [5.74, 6) is -0.963. The second kappa shape index (κ2) is 3.64. The van der Waals surface area contributed by atoms with Crippen LogP contribution in [-0.4, -0.2) is 22.2 Å². The molecule has 1 unspecified atom stereocenters. The van der Waals surface area contributed by atoms with E-state index >= 15 is 0 Å². The summed E-state index contributed by atoms with van der Waals surface area (Å²) in [6.45, 7) is 0. The Hall–Kier alpha value is -1.26. The molecule has 4 N–H and O–H groups in total. The summed E-state index contributed by atoms with van der Waals surface area (Å²) in [5.41, 5.74) is 5.83. The van der Waals surface area contributed by atoms with E-state index in [9.17, 15) is 9.90 Å². The Morgan fingerprint density at radius 1 is 1.50 bits per heavy atom. The van der Waals surface area contributed by atoms with Crippen LogP contribution in [0.5, 0.6) is 5.75 Å². The summed E-state index contributed by atoms with van der Waals surface area (Å²) in [5, 5.41) is 18.6. The standard InChI is InChI=1S/C11H12ClNO3/c12-8-5-6(14)1-2-7(8)11(3-4-11)9(13)10(15)16/h1-2,5,9,14H,3-4,13H2,(H,15,16). The number of nitrogens with two attached hydrogens (primary N) is 1. The second-order valence-corrected chi connectivity index (χ2v) is 4.54. The van der Waals surface area contributed by atoms with Crippen LogP contribution in [0.4, 0.5) is 0 Å². The largest absolute Gasteiger partial charge is 0.508 e. The molecule has 0 saturated heterocycles. The van der Waals surface area contributed by atoms with Crippen molar-refractivity contribution >= 4 is 17.6 Å². The van der Waals surface area contributed by atoms with Crippen LogP contribution in [0.25, 0.3) is 0 Å². The fraction of sp³-hybridized carbons (Fsp3) is 0.364. The van der Waals surface area contributed by atoms with E-state index in [1.165, 1.54) is 12.1 Å². The van der Waals surface area contributed by atoms with E-state index in [0.29, 0.717) is 23.4 Å². The summed E-state index contributed by atoms with van der Waals surface area (Å²) in [6, 6.07) is 3.60. The van der Waals surface area contributed by atoms with Crippen LogP contribution >= 0.6 is 11.6 Å². The van der Waals surface area contributed by atoms with Crippen LogP contribution in [0, 0.1) is 0 Å². The summed E-state index contributed by atoms with van der Waals surface area (Å²) >= 11 is 5.99. The number of rotatable bonds is 3. The number of aliphatic carboxylic acids is 1. The first-order chi connectivity index (χ1) is 7.47. The Morgan fingerprint density at radius 2 is 2.12 bits per heavy atom. The number of carboxylic acids is 1. The molecule has 0 spiro atoms. The van der Waals surface area contributed by atoms with Crippen molar-refractivity contribution in [3.05, 3.63) is 28.8 Å². The van der Waals surface area contributed by atoms with Crippen molar-refractivity contribution in [2.75, 3.05) is 0 Å². The number of halogens is 1. The quantitative estimate of drug-likeness (QED) is 0.749. The molecule has 0 heterocycles. The zero-order valence-corrected chi connectivity index (χ0v) is 9.24. The second-order valence-electron chi connectivity index (χ2n) is 4.14. The van der Waals surface area contributed by atoms with E-state index in [-0.39, 0.29) is 5.75 Å². The van der Waals surface area contributed by atoms with Crippen molar-refractivity contribution in [2.24, 2.45) is 5.73 Å². The predicted octanol–water partition coefficient (Wildman–Crippen LogP) is 1.49. The molecule has 5 heteroatoms. The number of aromatic hydroxyl groups is 1. The number of phenols is 1. The van der Waals surface area contributed by atoms with Gasteiger partial charge in [0.1, 0.15) is 11.8 Å². The van der Waals surface area contributed by atoms with Gasteiger partial charge in [-0.25, -0.2) is 0 Å². The van der Waals surface area contributed by atoms with Gasteiger partial charge in [-0.1, -0.05) is 17.7 Å². The molecule has 0 radical (unpaired) electrons. The first-order valence-corrected chi connectivity index (χ1v) is 5.32. The van der Waals surface area contributed by atoms with Gasteiger partial charge < -0.3 is 15.9 Å². The molecule has 0 aliphatic heterocycles. The normalized spacial score (nSPS) is 19.1. The maximum absolute atomic E-state index is 10.9. The van der Waals surface area contributed by atoms with Gasteiger partial charge in [-0.15, -0.1) is 0 Å². The molecule has 1 atom stereocenters. The lowest BCUT2D eigenvalue weighted by Crippen LogP contribution is -2.42. The van der Waals surface area contributed by atoms with Gasteiger partial charge in [0.2, 0.25) is 0 Å². The van der Waals surface area contributed by atoms with Gasteiger partial charge in [-0.2, -0.15) is 0 Å². The molecule has 1 saturated carbocycles. The summed E-state index contributed by atoms with van der Waals surface area (Å²) in [7, 11) is 0. The SMILES string of the molecule is NC(C(=O)O)C1(c2ccc(O)cc2Cl)CC1. The average molecular weight is 242 g/mol. The third-order valence-corrected chi connectivity index (χ3v) is 3.45. The highest BCUT2D eigenvalue weighted by atomic mass is 35.5. The van der Waals surface area contributed by atoms with Gasteiger partial charge >= 0.3 is 5.97 Å². The van der Waals surface area contributed by atoms with Crippen LogP contribution in [-0.2, 0) is 10.2 Å². The monoisotopic (exact) mass is 241 g/mol. The fourth-order valence-corrected chi connectivity index (χ4v) is 2.39. The van der Waals surface area contributed by atoms with Crippen LogP contribution in [0.3, 0.4) is 0 Å². The van der Waals surface area contributed by atoms with Crippen molar-refractivity contribution in [1.29, 1.82) is 0 Å². The maximum atomic E-state index is 10.9. The Balaban J connectivity index is 2.40. The van der Waals surface area contributed by atoms with Gasteiger partial charge in [0, 0.05) is 10.4 Å². The molecule has 1 fully saturated rings. The Labute approximate surface area is 97.6 Å². The fourth-order valence-electron chi connectivity index (χ4n) is 2.03. The smallest absolute Gasteiger partial charge is 0.321 e. The zero-order chi connectivity index (χ0) is 11.9. The number of hydrogen-bond acceptors (Lipinski definition) is 3. The lowest BCUT2D eigenvalue weighted by molar-refractivity contribution is -0.139. The van der Waals surface area contributed by atoms with Crippen LogP contribution < -0.4 is 5.73 Å². The third kappa shape index (κ3) is 1.64. The van der Waals surface area contributed by atoms with Crippen LogP contribution in [0.1, 0.15) is 18.4 Å². The highest BCUT2D eigenvalue weighted by Gasteiger charge is 2.53. The van der Waals surface area contributed by atoms with Gasteiger partial charge in [0.05, 0.1) is 0 Å². The number of benzene rings is 1. The predicted molar refractivity (Wildman–Crippen MR) is 59.6 cm³/mol. The molecule has 1 aromatic carbocycles. The number of hydrogen-bond donors (Lipinski definition) is 3. The number of carboxylic acid groups (broad SMARTS) is 1. The molecule has 1 aliphatic carbocycles.